The van der Waals surface area contributed by atoms with E-state index in [0.29, 0.717) is 32.6 Å². The molecule has 2 aliphatic rings. The number of rotatable bonds is 6. The van der Waals surface area contributed by atoms with Crippen LogP contribution in [0.2, 0.25) is 0 Å². The van der Waals surface area contributed by atoms with Crippen molar-refractivity contribution >= 4 is 11.8 Å². The molecule has 0 radical (unpaired) electrons. The zero-order chi connectivity index (χ0) is 21.6. The zero-order valence-electron chi connectivity index (χ0n) is 17.8. The molecule has 4 rings (SSSR count). The average molecular weight is 425 g/mol. The van der Waals surface area contributed by atoms with Crippen LogP contribution in [-0.2, 0) is 22.6 Å². The van der Waals surface area contributed by atoms with E-state index in [0.717, 1.165) is 42.3 Å². The number of pyridine rings is 1. The summed E-state index contributed by atoms with van der Waals surface area (Å²) in [5, 5.41) is 0. The molecule has 0 aliphatic carbocycles. The van der Waals surface area contributed by atoms with Crippen molar-refractivity contribution in [3.05, 3.63) is 53.9 Å². The van der Waals surface area contributed by atoms with Crippen molar-refractivity contribution in [1.29, 1.82) is 0 Å². The van der Waals surface area contributed by atoms with Crippen molar-refractivity contribution in [3.63, 3.8) is 0 Å². The first kappa shape index (κ1) is 21.1. The van der Waals surface area contributed by atoms with Gasteiger partial charge in [0, 0.05) is 58.2 Å². The van der Waals surface area contributed by atoms with Crippen LogP contribution >= 0.6 is 0 Å². The van der Waals surface area contributed by atoms with Crippen molar-refractivity contribution in [1.82, 2.24) is 19.7 Å². The van der Waals surface area contributed by atoms with Crippen LogP contribution in [0.3, 0.4) is 0 Å². The van der Waals surface area contributed by atoms with E-state index in [1.54, 1.807) is 22.2 Å². The number of hydrogen-bond donors (Lipinski definition) is 0. The van der Waals surface area contributed by atoms with Crippen molar-refractivity contribution in [2.24, 2.45) is 0 Å². The molecule has 3 heterocycles. The van der Waals surface area contributed by atoms with Gasteiger partial charge in [-0.05, 0) is 48.7 Å². The molecule has 2 amide bonds. The molecular formula is C23H28N4O4. The number of likely N-dealkylation sites (N-methyl/N-ethyl adjacent to an activating group) is 1. The summed E-state index contributed by atoms with van der Waals surface area (Å²) in [6.07, 6.45) is 4.18. The Hall–Kier alpha value is -3.13. The van der Waals surface area contributed by atoms with Gasteiger partial charge in [0.15, 0.2) is 11.5 Å². The van der Waals surface area contributed by atoms with E-state index in [1.807, 2.05) is 37.3 Å². The fraction of sp³-hybridized carbons (Fsp3) is 0.435. The fourth-order valence-corrected chi connectivity index (χ4v) is 3.89. The second kappa shape index (κ2) is 9.78. The maximum absolute atomic E-state index is 12.8. The van der Waals surface area contributed by atoms with Crippen LogP contribution in [0.25, 0.3) is 0 Å². The van der Waals surface area contributed by atoms with E-state index < -0.39 is 11.8 Å². The highest BCUT2D eigenvalue weighted by Crippen LogP contribution is 2.32. The minimum Gasteiger partial charge on any atom is -0.454 e. The van der Waals surface area contributed by atoms with Crippen LogP contribution in [0.15, 0.2) is 42.7 Å². The SMILES string of the molecule is CCN(CCc1ccncc1)C(=O)C(=O)N1CCN(Cc2ccc3c(c2)OCO3)CC1. The van der Waals surface area contributed by atoms with Crippen molar-refractivity contribution in [2.45, 2.75) is 19.9 Å². The van der Waals surface area contributed by atoms with Gasteiger partial charge in [-0.1, -0.05) is 6.07 Å². The summed E-state index contributed by atoms with van der Waals surface area (Å²) in [6, 6.07) is 9.84. The van der Waals surface area contributed by atoms with Gasteiger partial charge in [0.1, 0.15) is 0 Å². The van der Waals surface area contributed by atoms with Crippen LogP contribution in [0.1, 0.15) is 18.1 Å². The molecule has 0 N–H and O–H groups in total. The molecule has 1 fully saturated rings. The molecule has 2 aliphatic heterocycles. The van der Waals surface area contributed by atoms with E-state index in [9.17, 15) is 9.59 Å². The Balaban J connectivity index is 1.26. The molecule has 1 saturated heterocycles. The third-order valence-corrected chi connectivity index (χ3v) is 5.77. The van der Waals surface area contributed by atoms with Crippen molar-refractivity contribution < 1.29 is 19.1 Å². The van der Waals surface area contributed by atoms with Gasteiger partial charge in [0.2, 0.25) is 6.79 Å². The van der Waals surface area contributed by atoms with Crippen LogP contribution in [0.5, 0.6) is 11.5 Å². The van der Waals surface area contributed by atoms with Gasteiger partial charge in [-0.25, -0.2) is 0 Å². The number of ether oxygens (including phenoxy) is 2. The first-order valence-corrected chi connectivity index (χ1v) is 10.7. The average Bonchev–Trinajstić information content (AvgIpc) is 3.28. The first-order chi connectivity index (χ1) is 15.1. The summed E-state index contributed by atoms with van der Waals surface area (Å²) in [5.74, 6) is 0.741. The van der Waals surface area contributed by atoms with Gasteiger partial charge in [0.05, 0.1) is 0 Å². The maximum Gasteiger partial charge on any atom is 0.312 e. The predicted molar refractivity (Wildman–Crippen MR) is 115 cm³/mol. The summed E-state index contributed by atoms with van der Waals surface area (Å²) in [7, 11) is 0. The highest BCUT2D eigenvalue weighted by atomic mass is 16.7. The maximum atomic E-state index is 12.8. The minimum absolute atomic E-state index is 0.269. The van der Waals surface area contributed by atoms with Crippen LogP contribution in [-0.4, -0.2) is 77.6 Å². The van der Waals surface area contributed by atoms with E-state index in [1.165, 1.54) is 0 Å². The molecule has 0 bridgehead atoms. The topological polar surface area (TPSA) is 75.2 Å². The molecule has 8 nitrogen and oxygen atoms in total. The number of hydrogen-bond acceptors (Lipinski definition) is 6. The molecule has 1 aromatic carbocycles. The van der Waals surface area contributed by atoms with Gasteiger partial charge in [-0.2, -0.15) is 0 Å². The standard InChI is InChI=1S/C23H28N4O4/c1-2-26(10-7-18-5-8-24-9-6-18)22(28)23(29)27-13-11-25(12-14-27)16-19-3-4-20-21(15-19)31-17-30-20/h3-6,8-9,15H,2,7,10-14,16-17H2,1H3. The molecule has 0 atom stereocenters. The minimum atomic E-state index is -0.416. The molecule has 1 aromatic heterocycles. The summed E-state index contributed by atoms with van der Waals surface area (Å²) in [4.78, 5) is 35.1. The largest absolute Gasteiger partial charge is 0.454 e. The van der Waals surface area contributed by atoms with Crippen LogP contribution in [0, 0.1) is 0 Å². The number of benzene rings is 1. The van der Waals surface area contributed by atoms with E-state index in [4.69, 9.17) is 9.47 Å². The number of aromatic nitrogens is 1. The molecule has 164 valence electrons. The van der Waals surface area contributed by atoms with E-state index in [-0.39, 0.29) is 6.79 Å². The molecule has 0 spiro atoms. The van der Waals surface area contributed by atoms with Crippen LogP contribution in [0.4, 0.5) is 0 Å². The first-order valence-electron chi connectivity index (χ1n) is 10.7. The van der Waals surface area contributed by atoms with Gasteiger partial charge in [-0.15, -0.1) is 0 Å². The Labute approximate surface area is 182 Å². The van der Waals surface area contributed by atoms with Gasteiger partial charge in [-0.3, -0.25) is 19.5 Å². The van der Waals surface area contributed by atoms with E-state index >= 15 is 0 Å². The number of nitrogens with zero attached hydrogens (tertiary/aromatic N) is 4. The summed E-state index contributed by atoms with van der Waals surface area (Å²) < 4.78 is 10.8. The lowest BCUT2D eigenvalue weighted by molar-refractivity contribution is -0.152. The molecule has 0 unspecified atom stereocenters. The Morgan fingerprint density at radius 2 is 1.74 bits per heavy atom. The predicted octanol–water partition coefficient (Wildman–Crippen LogP) is 1.55. The number of carbonyl (C=O) groups is 2. The monoisotopic (exact) mass is 424 g/mol. The second-order valence-corrected chi connectivity index (χ2v) is 7.75. The molecular weight excluding hydrogens is 396 g/mol. The zero-order valence-corrected chi connectivity index (χ0v) is 17.8. The third kappa shape index (κ3) is 5.14. The summed E-state index contributed by atoms with van der Waals surface area (Å²) >= 11 is 0. The van der Waals surface area contributed by atoms with Crippen molar-refractivity contribution in [3.8, 4) is 11.5 Å². The normalized spacial score (nSPS) is 15.7. The summed E-state index contributed by atoms with van der Waals surface area (Å²) in [6.45, 7) is 6.56. The Morgan fingerprint density at radius 3 is 2.48 bits per heavy atom. The van der Waals surface area contributed by atoms with Gasteiger partial charge < -0.3 is 19.3 Å². The molecule has 0 saturated carbocycles. The quantitative estimate of drug-likeness (QED) is 0.655. The number of piperazine rings is 1. The van der Waals surface area contributed by atoms with Crippen LogP contribution < -0.4 is 9.47 Å². The Bertz CT molecular complexity index is 913. The lowest BCUT2D eigenvalue weighted by atomic mass is 10.1. The second-order valence-electron chi connectivity index (χ2n) is 7.75. The number of fused-ring (bicyclic) bond motifs is 1. The number of carbonyl (C=O) groups excluding carboxylic acids is 2. The van der Waals surface area contributed by atoms with Crippen molar-refractivity contribution in [2.75, 3.05) is 46.1 Å². The number of amides is 2. The Kier molecular flexibility index (Phi) is 6.66. The van der Waals surface area contributed by atoms with Gasteiger partial charge >= 0.3 is 11.8 Å². The van der Waals surface area contributed by atoms with E-state index in [2.05, 4.69) is 9.88 Å². The summed E-state index contributed by atoms with van der Waals surface area (Å²) in [5.41, 5.74) is 2.25. The Morgan fingerprint density at radius 1 is 1.00 bits per heavy atom. The highest BCUT2D eigenvalue weighted by molar-refractivity contribution is 6.34. The lowest BCUT2D eigenvalue weighted by Gasteiger charge is -2.35. The fourth-order valence-electron chi connectivity index (χ4n) is 3.89. The van der Waals surface area contributed by atoms with Gasteiger partial charge in [0.25, 0.3) is 0 Å². The lowest BCUT2D eigenvalue weighted by Crippen LogP contribution is -2.53. The highest BCUT2D eigenvalue weighted by Gasteiger charge is 2.29. The molecule has 31 heavy (non-hydrogen) atoms. The molecule has 2 aromatic rings. The third-order valence-electron chi connectivity index (χ3n) is 5.77. The molecule has 8 heteroatoms. The smallest absolute Gasteiger partial charge is 0.312 e.